The number of fused-ring (bicyclic) bond motifs is 1. The van der Waals surface area contributed by atoms with Crippen LogP contribution < -0.4 is 18.9 Å². The average Bonchev–Trinajstić information content (AvgIpc) is 2.82. The number of ketones is 1. The van der Waals surface area contributed by atoms with Gasteiger partial charge in [-0.2, -0.15) is 0 Å². The molecule has 0 aromatic heterocycles. The lowest BCUT2D eigenvalue weighted by Gasteiger charge is -2.34. The second-order valence-corrected chi connectivity index (χ2v) is 7.03. The van der Waals surface area contributed by atoms with E-state index in [0.29, 0.717) is 46.0 Å². The maximum absolute atomic E-state index is 13.3. The van der Waals surface area contributed by atoms with Crippen LogP contribution in [0.25, 0.3) is 0 Å². The van der Waals surface area contributed by atoms with Crippen LogP contribution in [0, 0.1) is 5.92 Å². The van der Waals surface area contributed by atoms with Crippen LogP contribution in [0.2, 0.25) is 0 Å². The van der Waals surface area contributed by atoms with Gasteiger partial charge in [-0.25, -0.2) is 0 Å². The summed E-state index contributed by atoms with van der Waals surface area (Å²) in [5.41, 5.74) is 1.44. The van der Waals surface area contributed by atoms with E-state index in [1.807, 2.05) is 0 Å². The van der Waals surface area contributed by atoms with Crippen molar-refractivity contribution in [2.45, 2.75) is 12.8 Å². The van der Waals surface area contributed by atoms with Crippen molar-refractivity contribution in [3.63, 3.8) is 0 Å². The molecule has 0 radical (unpaired) electrons. The highest BCUT2D eigenvalue weighted by Crippen LogP contribution is 2.48. The Hall–Kier alpha value is -3.68. The minimum absolute atomic E-state index is 0.0667. The predicted molar refractivity (Wildman–Crippen MR) is 116 cm³/mol. The molecule has 0 amide bonds. The number of rotatable bonds is 7. The van der Waals surface area contributed by atoms with Crippen molar-refractivity contribution in [3.05, 3.63) is 58.9 Å². The third-order valence-electron chi connectivity index (χ3n) is 5.51. The molecule has 2 unspecified atom stereocenters. The minimum atomic E-state index is -1.07. The van der Waals surface area contributed by atoms with Gasteiger partial charge < -0.3 is 28.8 Å². The van der Waals surface area contributed by atoms with E-state index in [4.69, 9.17) is 23.7 Å². The molecular formula is C24H26O8. The van der Waals surface area contributed by atoms with E-state index in [9.17, 15) is 14.7 Å². The first-order chi connectivity index (χ1) is 15.4. The predicted octanol–water partition coefficient (Wildman–Crippen LogP) is 3.67. The molecule has 3 rings (SSSR count). The average molecular weight is 442 g/mol. The fourth-order valence-corrected chi connectivity index (χ4v) is 4.06. The van der Waals surface area contributed by atoms with Crippen LogP contribution in [0.3, 0.4) is 0 Å². The molecule has 0 fully saturated rings. The Bertz CT molecular complexity index is 1060. The summed E-state index contributed by atoms with van der Waals surface area (Å²) in [5, 5.41) is 9.96. The van der Waals surface area contributed by atoms with E-state index < -0.39 is 23.6 Å². The number of benzene rings is 2. The van der Waals surface area contributed by atoms with Crippen LogP contribution in [0.4, 0.5) is 0 Å². The van der Waals surface area contributed by atoms with E-state index in [0.717, 1.165) is 0 Å². The maximum Gasteiger partial charge on any atom is 0.314 e. The zero-order valence-corrected chi connectivity index (χ0v) is 18.6. The second-order valence-electron chi connectivity index (χ2n) is 7.03. The molecule has 0 saturated heterocycles. The molecule has 0 spiro atoms. The van der Waals surface area contributed by atoms with Crippen molar-refractivity contribution < 1.29 is 38.4 Å². The molecule has 1 aliphatic carbocycles. The molecule has 2 atom stereocenters. The lowest BCUT2D eigenvalue weighted by atomic mass is 9.68. The fraction of sp³-hybridized carbons (Fsp3) is 0.333. The Labute approximate surface area is 186 Å². The summed E-state index contributed by atoms with van der Waals surface area (Å²) in [6, 6.07) is 8.46. The third-order valence-corrected chi connectivity index (χ3v) is 5.51. The molecule has 8 nitrogen and oxygen atoms in total. The largest absolute Gasteiger partial charge is 0.515 e. The van der Waals surface area contributed by atoms with Crippen LogP contribution in [0.1, 0.15) is 34.3 Å². The number of esters is 1. The Morgan fingerprint density at radius 3 is 2.09 bits per heavy atom. The molecule has 170 valence electrons. The van der Waals surface area contributed by atoms with E-state index in [-0.39, 0.29) is 12.2 Å². The Morgan fingerprint density at radius 2 is 1.53 bits per heavy atom. The van der Waals surface area contributed by atoms with Gasteiger partial charge in [0.2, 0.25) is 0 Å². The lowest BCUT2D eigenvalue weighted by molar-refractivity contribution is -0.147. The van der Waals surface area contributed by atoms with E-state index in [1.165, 1.54) is 28.4 Å². The zero-order valence-electron chi connectivity index (χ0n) is 18.6. The highest BCUT2D eigenvalue weighted by atomic mass is 16.5. The topological polar surface area (TPSA) is 101 Å². The molecule has 1 aliphatic rings. The molecule has 0 bridgehead atoms. The smallest absolute Gasteiger partial charge is 0.314 e. The molecule has 2 aromatic carbocycles. The van der Waals surface area contributed by atoms with Crippen LogP contribution in [0.5, 0.6) is 23.0 Å². The van der Waals surface area contributed by atoms with Crippen molar-refractivity contribution in [1.29, 1.82) is 0 Å². The standard InChI is InChI=1S/C24H26O8/c1-6-32-24(27)22-16(12-25)23(26)15-11-20(31-5)19(30-4)10-14(15)21(22)13-7-8-17(28-2)18(9-13)29-3/h7-12,21-22,25H,6H2,1-5H3/b16-12-. The number of hydrogen-bond acceptors (Lipinski definition) is 8. The van der Waals surface area contributed by atoms with Gasteiger partial charge >= 0.3 is 5.97 Å². The quantitative estimate of drug-likeness (QED) is 0.394. The fourth-order valence-electron chi connectivity index (χ4n) is 4.06. The Balaban J connectivity index is 2.34. The number of aliphatic hydroxyl groups excluding tert-OH is 1. The van der Waals surface area contributed by atoms with Crippen LogP contribution in [0.15, 0.2) is 42.2 Å². The van der Waals surface area contributed by atoms with Crippen molar-refractivity contribution in [1.82, 2.24) is 0 Å². The summed E-state index contributed by atoms with van der Waals surface area (Å²) in [6.07, 6.45) is 0.678. The van der Waals surface area contributed by atoms with Crippen molar-refractivity contribution in [3.8, 4) is 23.0 Å². The molecule has 2 aromatic rings. The van der Waals surface area contributed by atoms with Gasteiger partial charge in [-0.3, -0.25) is 9.59 Å². The molecule has 1 N–H and O–H groups in total. The summed E-state index contributed by atoms with van der Waals surface area (Å²) in [5.74, 6) is -1.11. The van der Waals surface area contributed by atoms with Gasteiger partial charge in [-0.15, -0.1) is 0 Å². The highest BCUT2D eigenvalue weighted by Gasteiger charge is 2.45. The third kappa shape index (κ3) is 3.84. The van der Waals surface area contributed by atoms with E-state index in [1.54, 1.807) is 37.3 Å². The van der Waals surface area contributed by atoms with Crippen LogP contribution in [-0.2, 0) is 9.53 Å². The van der Waals surface area contributed by atoms with Gasteiger partial charge in [0, 0.05) is 17.1 Å². The number of aliphatic hydroxyl groups is 1. The molecule has 0 aliphatic heterocycles. The Kier molecular flexibility index (Phi) is 6.92. The molecule has 0 saturated carbocycles. The van der Waals surface area contributed by atoms with Gasteiger partial charge in [0.1, 0.15) is 0 Å². The van der Waals surface area contributed by atoms with Crippen molar-refractivity contribution in [2.24, 2.45) is 5.92 Å². The first-order valence-corrected chi connectivity index (χ1v) is 9.99. The second kappa shape index (κ2) is 9.64. The normalized spacial score (nSPS) is 18.7. The summed E-state index contributed by atoms with van der Waals surface area (Å²) in [6.45, 7) is 1.80. The highest BCUT2D eigenvalue weighted by molar-refractivity contribution is 6.14. The summed E-state index contributed by atoms with van der Waals surface area (Å²) >= 11 is 0. The van der Waals surface area contributed by atoms with E-state index >= 15 is 0 Å². The van der Waals surface area contributed by atoms with Gasteiger partial charge in [0.05, 0.1) is 47.2 Å². The molecular weight excluding hydrogens is 416 g/mol. The monoisotopic (exact) mass is 442 g/mol. The number of carbonyl (C=O) groups excluding carboxylic acids is 2. The van der Waals surface area contributed by atoms with Gasteiger partial charge in [0.25, 0.3) is 0 Å². The van der Waals surface area contributed by atoms with Crippen molar-refractivity contribution >= 4 is 11.8 Å². The number of Topliss-reactive ketones (excluding diaryl/α,β-unsaturated/α-hetero) is 1. The molecule has 0 heterocycles. The van der Waals surface area contributed by atoms with Gasteiger partial charge in [0.15, 0.2) is 28.8 Å². The Morgan fingerprint density at radius 1 is 0.938 bits per heavy atom. The SMILES string of the molecule is CCOC(=O)C1/C(=C/O)C(=O)c2cc(OC)c(OC)cc2C1c1ccc(OC)c(OC)c1. The number of methoxy groups -OCH3 is 4. The summed E-state index contributed by atoms with van der Waals surface area (Å²) in [4.78, 5) is 26.3. The van der Waals surface area contributed by atoms with Crippen molar-refractivity contribution in [2.75, 3.05) is 35.0 Å². The molecule has 8 heteroatoms. The molecule has 32 heavy (non-hydrogen) atoms. The summed E-state index contributed by atoms with van der Waals surface area (Å²) in [7, 11) is 5.99. The minimum Gasteiger partial charge on any atom is -0.515 e. The zero-order chi connectivity index (χ0) is 23.4. The first-order valence-electron chi connectivity index (χ1n) is 9.99. The van der Waals surface area contributed by atoms with E-state index in [2.05, 4.69) is 0 Å². The van der Waals surface area contributed by atoms with Crippen LogP contribution in [-0.4, -0.2) is 51.9 Å². The van der Waals surface area contributed by atoms with Gasteiger partial charge in [-0.1, -0.05) is 6.07 Å². The number of carbonyl (C=O) groups is 2. The van der Waals surface area contributed by atoms with Crippen LogP contribution >= 0.6 is 0 Å². The number of ether oxygens (including phenoxy) is 5. The maximum atomic E-state index is 13.3. The number of hydrogen-bond donors (Lipinski definition) is 1. The summed E-state index contributed by atoms with van der Waals surface area (Å²) < 4.78 is 26.8. The lowest BCUT2D eigenvalue weighted by Crippen LogP contribution is -2.35. The first kappa shape index (κ1) is 23.0. The van der Waals surface area contributed by atoms with Gasteiger partial charge in [-0.05, 0) is 42.3 Å².